The number of rotatable bonds is 2. The highest BCUT2D eigenvalue weighted by Crippen LogP contribution is 1.98. The Labute approximate surface area is 91.2 Å². The molecule has 0 saturated heterocycles. The van der Waals surface area contributed by atoms with Crippen molar-refractivity contribution in [2.45, 2.75) is 6.54 Å². The third kappa shape index (κ3) is 1.88. The van der Waals surface area contributed by atoms with Gasteiger partial charge < -0.3 is 10.7 Å². The summed E-state index contributed by atoms with van der Waals surface area (Å²) in [6, 6.07) is 9.25. The number of nitrogens with zero attached hydrogens (tertiary/aromatic N) is 1. The molecule has 0 aliphatic heterocycles. The number of H-pyrrole nitrogens is 1. The van der Waals surface area contributed by atoms with Crippen molar-refractivity contribution < 1.29 is 0 Å². The van der Waals surface area contributed by atoms with Crippen LogP contribution in [0.25, 0.3) is 0 Å². The number of nitrogens with one attached hydrogen (secondary N) is 1. The SMILES string of the molecule is Nc1c[nH]c(=O)n(Cc2ccccc2)c1=O. The minimum absolute atomic E-state index is 0.0375. The van der Waals surface area contributed by atoms with E-state index in [4.69, 9.17) is 5.73 Å². The van der Waals surface area contributed by atoms with Crippen molar-refractivity contribution in [1.29, 1.82) is 0 Å². The largest absolute Gasteiger partial charge is 0.393 e. The van der Waals surface area contributed by atoms with Crippen molar-refractivity contribution in [2.24, 2.45) is 0 Å². The van der Waals surface area contributed by atoms with Gasteiger partial charge in [-0.05, 0) is 5.56 Å². The van der Waals surface area contributed by atoms with Gasteiger partial charge in [0.1, 0.15) is 5.69 Å². The van der Waals surface area contributed by atoms with Gasteiger partial charge in [0.15, 0.2) is 0 Å². The van der Waals surface area contributed by atoms with Crippen molar-refractivity contribution in [3.63, 3.8) is 0 Å². The molecule has 5 nitrogen and oxygen atoms in total. The molecule has 5 heteroatoms. The molecular formula is C11H11N3O2. The Bertz CT molecular complexity index is 599. The van der Waals surface area contributed by atoms with Gasteiger partial charge in [-0.1, -0.05) is 30.3 Å². The Morgan fingerprint density at radius 2 is 1.88 bits per heavy atom. The van der Waals surface area contributed by atoms with E-state index in [1.165, 1.54) is 6.20 Å². The van der Waals surface area contributed by atoms with E-state index in [9.17, 15) is 9.59 Å². The van der Waals surface area contributed by atoms with Crippen molar-refractivity contribution >= 4 is 5.69 Å². The zero-order chi connectivity index (χ0) is 11.5. The van der Waals surface area contributed by atoms with Gasteiger partial charge in [-0.3, -0.25) is 9.36 Å². The molecule has 2 aromatic rings. The van der Waals surface area contributed by atoms with Crippen LogP contribution in [0.15, 0.2) is 46.1 Å². The average molecular weight is 217 g/mol. The van der Waals surface area contributed by atoms with Crippen LogP contribution in [0.4, 0.5) is 5.69 Å². The molecule has 0 atom stereocenters. The molecule has 0 unspecified atom stereocenters. The highest BCUT2D eigenvalue weighted by atomic mass is 16.2. The number of hydrogen-bond donors (Lipinski definition) is 2. The molecule has 3 N–H and O–H groups in total. The first-order valence-electron chi connectivity index (χ1n) is 4.80. The summed E-state index contributed by atoms with van der Waals surface area (Å²) in [6.45, 7) is 0.222. The Morgan fingerprint density at radius 3 is 2.56 bits per heavy atom. The van der Waals surface area contributed by atoms with E-state index in [1.807, 2.05) is 30.3 Å². The zero-order valence-corrected chi connectivity index (χ0v) is 8.51. The van der Waals surface area contributed by atoms with Gasteiger partial charge >= 0.3 is 5.69 Å². The van der Waals surface area contributed by atoms with E-state index < -0.39 is 11.2 Å². The molecule has 82 valence electrons. The Kier molecular flexibility index (Phi) is 2.59. The van der Waals surface area contributed by atoms with Gasteiger partial charge in [-0.25, -0.2) is 4.79 Å². The summed E-state index contributed by atoms with van der Waals surface area (Å²) < 4.78 is 1.07. The lowest BCUT2D eigenvalue weighted by Crippen LogP contribution is -2.36. The quantitative estimate of drug-likeness (QED) is 0.752. The molecule has 1 aromatic heterocycles. The first kappa shape index (κ1) is 10.2. The molecular weight excluding hydrogens is 206 g/mol. The van der Waals surface area contributed by atoms with Crippen LogP contribution in [0.5, 0.6) is 0 Å². The second-order valence-corrected chi connectivity index (χ2v) is 3.43. The third-order valence-electron chi connectivity index (χ3n) is 2.27. The summed E-state index contributed by atoms with van der Waals surface area (Å²) in [6.07, 6.45) is 1.21. The van der Waals surface area contributed by atoms with E-state index in [-0.39, 0.29) is 12.2 Å². The molecule has 0 aliphatic rings. The molecule has 0 spiro atoms. The molecule has 1 heterocycles. The van der Waals surface area contributed by atoms with Crippen LogP contribution in [0.1, 0.15) is 5.56 Å². The van der Waals surface area contributed by atoms with Gasteiger partial charge in [-0.2, -0.15) is 0 Å². The molecule has 2 rings (SSSR count). The van der Waals surface area contributed by atoms with Gasteiger partial charge in [0.25, 0.3) is 5.56 Å². The standard InChI is InChI=1S/C11H11N3O2/c12-9-6-13-11(16)14(10(9)15)7-8-4-2-1-3-5-8/h1-6H,7,12H2,(H,13,16). The lowest BCUT2D eigenvalue weighted by Gasteiger charge is -2.04. The molecule has 0 fully saturated rings. The first-order chi connectivity index (χ1) is 7.68. The molecule has 16 heavy (non-hydrogen) atoms. The first-order valence-corrected chi connectivity index (χ1v) is 4.80. The molecule has 0 radical (unpaired) electrons. The summed E-state index contributed by atoms with van der Waals surface area (Å²) in [5.74, 6) is 0. The highest BCUT2D eigenvalue weighted by Gasteiger charge is 2.04. The van der Waals surface area contributed by atoms with Crippen LogP contribution < -0.4 is 17.0 Å². The third-order valence-corrected chi connectivity index (χ3v) is 2.27. The minimum Gasteiger partial charge on any atom is -0.393 e. The van der Waals surface area contributed by atoms with E-state index in [0.29, 0.717) is 0 Å². The van der Waals surface area contributed by atoms with Gasteiger partial charge in [0.2, 0.25) is 0 Å². The van der Waals surface area contributed by atoms with Crippen molar-refractivity contribution in [2.75, 3.05) is 5.73 Å². The van der Waals surface area contributed by atoms with Crippen LogP contribution in [0.3, 0.4) is 0 Å². The molecule has 0 saturated carbocycles. The molecule has 1 aromatic carbocycles. The maximum absolute atomic E-state index is 11.6. The second-order valence-electron chi connectivity index (χ2n) is 3.43. The van der Waals surface area contributed by atoms with Crippen molar-refractivity contribution in [1.82, 2.24) is 9.55 Å². The topological polar surface area (TPSA) is 80.9 Å². The number of aromatic amines is 1. The predicted octanol–water partition coefficient (Wildman–Crippen LogP) is 0.167. The fourth-order valence-corrected chi connectivity index (χ4v) is 1.44. The minimum atomic E-state index is -0.465. The van der Waals surface area contributed by atoms with Gasteiger partial charge in [0.05, 0.1) is 6.54 Å². The Hall–Kier alpha value is -2.30. The molecule has 0 aliphatic carbocycles. The molecule has 0 bridgehead atoms. The summed E-state index contributed by atoms with van der Waals surface area (Å²) in [5, 5.41) is 0. The van der Waals surface area contributed by atoms with Crippen LogP contribution >= 0.6 is 0 Å². The van der Waals surface area contributed by atoms with E-state index in [1.54, 1.807) is 0 Å². The summed E-state index contributed by atoms with van der Waals surface area (Å²) in [4.78, 5) is 25.5. The summed E-state index contributed by atoms with van der Waals surface area (Å²) in [5.41, 5.74) is 5.43. The van der Waals surface area contributed by atoms with E-state index >= 15 is 0 Å². The average Bonchev–Trinajstić information content (AvgIpc) is 2.31. The van der Waals surface area contributed by atoms with Crippen LogP contribution in [0.2, 0.25) is 0 Å². The maximum Gasteiger partial charge on any atom is 0.328 e. The van der Waals surface area contributed by atoms with Crippen molar-refractivity contribution in [3.8, 4) is 0 Å². The number of anilines is 1. The predicted molar refractivity (Wildman–Crippen MR) is 61.3 cm³/mol. The highest BCUT2D eigenvalue weighted by molar-refractivity contribution is 5.30. The van der Waals surface area contributed by atoms with Gasteiger partial charge in [0, 0.05) is 6.20 Å². The van der Waals surface area contributed by atoms with Crippen LogP contribution in [-0.2, 0) is 6.54 Å². The number of hydrogen-bond acceptors (Lipinski definition) is 3. The van der Waals surface area contributed by atoms with Crippen LogP contribution in [0, 0.1) is 0 Å². The lowest BCUT2D eigenvalue weighted by molar-refractivity contribution is 0.702. The fraction of sp³-hybridized carbons (Fsp3) is 0.0909. The van der Waals surface area contributed by atoms with E-state index in [2.05, 4.69) is 4.98 Å². The molecule has 0 amide bonds. The number of aromatic nitrogens is 2. The number of nitrogen functional groups attached to an aromatic ring is 1. The zero-order valence-electron chi connectivity index (χ0n) is 8.51. The summed E-state index contributed by atoms with van der Waals surface area (Å²) in [7, 11) is 0. The second kappa shape index (κ2) is 4.06. The monoisotopic (exact) mass is 217 g/mol. The Morgan fingerprint density at radius 1 is 1.19 bits per heavy atom. The smallest absolute Gasteiger partial charge is 0.328 e. The number of nitrogens with two attached hydrogens (primary N) is 1. The number of benzene rings is 1. The van der Waals surface area contributed by atoms with Gasteiger partial charge in [-0.15, -0.1) is 0 Å². The van der Waals surface area contributed by atoms with Crippen molar-refractivity contribution in [3.05, 3.63) is 62.9 Å². The maximum atomic E-state index is 11.6. The van der Waals surface area contributed by atoms with Crippen LogP contribution in [-0.4, -0.2) is 9.55 Å². The normalized spacial score (nSPS) is 10.2. The summed E-state index contributed by atoms with van der Waals surface area (Å²) >= 11 is 0. The lowest BCUT2D eigenvalue weighted by atomic mass is 10.2. The fourth-order valence-electron chi connectivity index (χ4n) is 1.44. The Balaban J connectivity index is 2.47. The van der Waals surface area contributed by atoms with E-state index in [0.717, 1.165) is 10.1 Å².